The minimum atomic E-state index is 0.590. The van der Waals surface area contributed by atoms with Crippen LogP contribution in [0.4, 0.5) is 0 Å². The third-order valence-corrected chi connectivity index (χ3v) is 4.18. The van der Waals surface area contributed by atoms with E-state index in [1.54, 1.807) is 11.3 Å². The van der Waals surface area contributed by atoms with E-state index < -0.39 is 0 Å². The van der Waals surface area contributed by atoms with Gasteiger partial charge in [0.25, 0.3) is 0 Å². The van der Waals surface area contributed by atoms with E-state index in [9.17, 15) is 0 Å². The summed E-state index contributed by atoms with van der Waals surface area (Å²) in [5, 5.41) is 0.798. The molecule has 2 N–H and O–H groups in total. The van der Waals surface area contributed by atoms with E-state index in [4.69, 9.17) is 17.3 Å². The highest BCUT2D eigenvalue weighted by Gasteiger charge is 2.06. The average molecular weight is 350 g/mol. The molecule has 1 nitrogen and oxygen atoms in total. The number of thiophene rings is 1. The van der Waals surface area contributed by atoms with Gasteiger partial charge in [0.05, 0.1) is 5.02 Å². The zero-order valence-electron chi connectivity index (χ0n) is 7.84. The van der Waals surface area contributed by atoms with Crippen molar-refractivity contribution in [2.75, 3.05) is 0 Å². The van der Waals surface area contributed by atoms with E-state index in [0.29, 0.717) is 6.54 Å². The van der Waals surface area contributed by atoms with Crippen molar-refractivity contribution in [3.8, 4) is 10.4 Å². The van der Waals surface area contributed by atoms with E-state index in [1.165, 1.54) is 9.75 Å². The number of nitrogens with two attached hydrogens (primary N) is 1. The average Bonchev–Trinajstić information content (AvgIpc) is 2.66. The molecule has 1 heterocycles. The van der Waals surface area contributed by atoms with Crippen molar-refractivity contribution >= 4 is 45.5 Å². The summed E-state index contributed by atoms with van der Waals surface area (Å²) in [4.78, 5) is 2.36. The Morgan fingerprint density at radius 3 is 2.67 bits per heavy atom. The minimum absolute atomic E-state index is 0.590. The molecule has 2 rings (SSSR count). The van der Waals surface area contributed by atoms with Crippen LogP contribution in [0.15, 0.2) is 30.3 Å². The molecule has 15 heavy (non-hydrogen) atoms. The molecule has 0 aliphatic heterocycles. The molecular weight excluding hydrogens is 341 g/mol. The number of hydrogen-bond acceptors (Lipinski definition) is 2. The fourth-order valence-corrected chi connectivity index (χ4v) is 3.26. The van der Waals surface area contributed by atoms with Crippen LogP contribution in [-0.2, 0) is 6.54 Å². The Bertz CT molecular complexity index is 481. The summed E-state index contributed by atoms with van der Waals surface area (Å²) < 4.78 is 1.15. The van der Waals surface area contributed by atoms with Gasteiger partial charge >= 0.3 is 0 Å². The molecule has 0 spiro atoms. The molecular formula is C11H9ClINS. The first-order valence-corrected chi connectivity index (χ1v) is 6.72. The largest absolute Gasteiger partial charge is 0.326 e. The maximum atomic E-state index is 6.19. The minimum Gasteiger partial charge on any atom is -0.326 e. The lowest BCUT2D eigenvalue weighted by Gasteiger charge is -2.01. The molecule has 0 radical (unpaired) electrons. The van der Waals surface area contributed by atoms with Crippen molar-refractivity contribution in [2.45, 2.75) is 6.54 Å². The number of benzene rings is 1. The van der Waals surface area contributed by atoms with Crippen LogP contribution in [0.5, 0.6) is 0 Å². The number of rotatable bonds is 2. The maximum Gasteiger partial charge on any atom is 0.0503 e. The summed E-state index contributed by atoms with van der Waals surface area (Å²) in [5.41, 5.74) is 6.66. The molecule has 0 saturated carbocycles. The highest BCUT2D eigenvalue weighted by atomic mass is 127. The topological polar surface area (TPSA) is 26.0 Å². The highest BCUT2D eigenvalue weighted by molar-refractivity contribution is 14.1. The van der Waals surface area contributed by atoms with Crippen molar-refractivity contribution in [3.63, 3.8) is 0 Å². The zero-order valence-corrected chi connectivity index (χ0v) is 11.6. The first-order valence-electron chi connectivity index (χ1n) is 4.45. The molecule has 0 amide bonds. The van der Waals surface area contributed by atoms with E-state index in [1.807, 2.05) is 12.1 Å². The highest BCUT2D eigenvalue weighted by Crippen LogP contribution is 2.34. The Balaban J connectivity index is 2.44. The van der Waals surface area contributed by atoms with Gasteiger partial charge in [0, 0.05) is 25.4 Å². The van der Waals surface area contributed by atoms with E-state index in [2.05, 4.69) is 40.8 Å². The molecule has 4 heteroatoms. The van der Waals surface area contributed by atoms with Gasteiger partial charge in [-0.15, -0.1) is 11.3 Å². The van der Waals surface area contributed by atoms with Crippen LogP contribution in [0.25, 0.3) is 10.4 Å². The maximum absolute atomic E-state index is 6.19. The second-order valence-electron chi connectivity index (χ2n) is 3.09. The summed E-state index contributed by atoms with van der Waals surface area (Å²) in [6, 6.07) is 10.2. The second-order valence-corrected chi connectivity index (χ2v) is 5.92. The van der Waals surface area contributed by atoms with Gasteiger partial charge in [-0.1, -0.05) is 17.7 Å². The van der Waals surface area contributed by atoms with Crippen LogP contribution in [0.1, 0.15) is 4.88 Å². The zero-order chi connectivity index (χ0) is 10.8. The van der Waals surface area contributed by atoms with Crippen LogP contribution >= 0.6 is 45.5 Å². The quantitative estimate of drug-likeness (QED) is 0.811. The smallest absolute Gasteiger partial charge is 0.0503 e. The van der Waals surface area contributed by atoms with Crippen LogP contribution in [0, 0.1) is 3.57 Å². The van der Waals surface area contributed by atoms with Gasteiger partial charge < -0.3 is 5.73 Å². The normalized spacial score (nSPS) is 10.6. The van der Waals surface area contributed by atoms with Crippen molar-refractivity contribution < 1.29 is 0 Å². The van der Waals surface area contributed by atoms with E-state index >= 15 is 0 Å². The van der Waals surface area contributed by atoms with Crippen molar-refractivity contribution in [2.24, 2.45) is 5.73 Å². The van der Waals surface area contributed by atoms with Gasteiger partial charge in [0.1, 0.15) is 0 Å². The monoisotopic (exact) mass is 349 g/mol. The van der Waals surface area contributed by atoms with Gasteiger partial charge in [0.15, 0.2) is 0 Å². The Morgan fingerprint density at radius 1 is 1.27 bits per heavy atom. The molecule has 0 atom stereocenters. The summed E-state index contributed by atoms with van der Waals surface area (Å²) in [6.45, 7) is 0.590. The molecule has 78 valence electrons. The summed E-state index contributed by atoms with van der Waals surface area (Å²) >= 11 is 10.1. The molecule has 1 aromatic heterocycles. The Morgan fingerprint density at radius 2 is 2.07 bits per heavy atom. The fraction of sp³-hybridized carbons (Fsp3) is 0.0909. The van der Waals surface area contributed by atoms with Crippen molar-refractivity contribution in [3.05, 3.63) is 43.8 Å². The molecule has 0 bridgehead atoms. The summed E-state index contributed by atoms with van der Waals surface area (Å²) in [6.07, 6.45) is 0. The first-order chi connectivity index (χ1) is 7.20. The lowest BCUT2D eigenvalue weighted by Crippen LogP contribution is -1.91. The summed E-state index contributed by atoms with van der Waals surface area (Å²) in [7, 11) is 0. The molecule has 0 unspecified atom stereocenters. The Labute approximate surface area is 111 Å². The van der Waals surface area contributed by atoms with Crippen LogP contribution in [0.3, 0.4) is 0 Å². The van der Waals surface area contributed by atoms with Crippen LogP contribution in [-0.4, -0.2) is 0 Å². The van der Waals surface area contributed by atoms with Gasteiger partial charge in [-0.05, 0) is 46.9 Å². The Hall–Kier alpha value is -0.100. The number of halogens is 2. The Kier molecular flexibility index (Phi) is 3.66. The predicted octanol–water partition coefficient (Wildman–Crippen LogP) is 4.13. The number of hydrogen-bond donors (Lipinski definition) is 1. The van der Waals surface area contributed by atoms with Crippen molar-refractivity contribution in [1.29, 1.82) is 0 Å². The van der Waals surface area contributed by atoms with Gasteiger partial charge in [-0.25, -0.2) is 0 Å². The molecule has 0 saturated heterocycles. The third-order valence-electron chi connectivity index (χ3n) is 2.06. The van der Waals surface area contributed by atoms with E-state index in [-0.39, 0.29) is 0 Å². The SMILES string of the molecule is NCc1ccc(-c2ccc(I)cc2Cl)s1. The standard InChI is InChI=1S/C11H9ClINS/c12-10-5-7(13)1-3-9(10)11-4-2-8(6-14)15-11/h1-5H,6,14H2. The van der Waals surface area contributed by atoms with Gasteiger partial charge in [-0.3, -0.25) is 0 Å². The second kappa shape index (κ2) is 4.82. The molecule has 0 fully saturated rings. The molecule has 0 aliphatic rings. The first kappa shape index (κ1) is 11.4. The van der Waals surface area contributed by atoms with Crippen LogP contribution < -0.4 is 5.73 Å². The van der Waals surface area contributed by atoms with Gasteiger partial charge in [-0.2, -0.15) is 0 Å². The van der Waals surface area contributed by atoms with E-state index in [0.717, 1.165) is 14.2 Å². The fourth-order valence-electron chi connectivity index (χ4n) is 1.32. The molecule has 1 aromatic carbocycles. The van der Waals surface area contributed by atoms with Gasteiger partial charge in [0.2, 0.25) is 0 Å². The molecule has 2 aromatic rings. The lowest BCUT2D eigenvalue weighted by molar-refractivity contribution is 1.11. The lowest BCUT2D eigenvalue weighted by atomic mass is 10.2. The predicted molar refractivity (Wildman–Crippen MR) is 75.4 cm³/mol. The summed E-state index contributed by atoms with van der Waals surface area (Å²) in [5.74, 6) is 0. The van der Waals surface area contributed by atoms with Crippen molar-refractivity contribution in [1.82, 2.24) is 0 Å². The molecule has 0 aliphatic carbocycles. The van der Waals surface area contributed by atoms with Crippen LogP contribution in [0.2, 0.25) is 5.02 Å². The third kappa shape index (κ3) is 2.53.